The van der Waals surface area contributed by atoms with Crippen molar-refractivity contribution in [2.24, 2.45) is 0 Å². The van der Waals surface area contributed by atoms with Gasteiger partial charge in [0.15, 0.2) is 0 Å². The maximum absolute atomic E-state index is 13.0. The van der Waals surface area contributed by atoms with E-state index in [0.29, 0.717) is 35.4 Å². The second kappa shape index (κ2) is 9.06. The summed E-state index contributed by atoms with van der Waals surface area (Å²) in [6.45, 7) is 5.28. The third-order valence-corrected chi connectivity index (χ3v) is 6.14. The lowest BCUT2D eigenvalue weighted by Crippen LogP contribution is -2.44. The molecule has 0 bridgehead atoms. The quantitative estimate of drug-likeness (QED) is 0.652. The van der Waals surface area contributed by atoms with Crippen LogP contribution in [0.25, 0.3) is 22.6 Å². The number of benzene rings is 2. The fourth-order valence-electron chi connectivity index (χ4n) is 4.40. The first-order valence-corrected chi connectivity index (χ1v) is 11.2. The summed E-state index contributed by atoms with van der Waals surface area (Å²) in [7, 11) is 0. The molecular weight excluding hydrogens is 402 g/mol. The van der Waals surface area contributed by atoms with Crippen LogP contribution in [0.4, 0.5) is 5.69 Å². The van der Waals surface area contributed by atoms with E-state index in [1.165, 1.54) is 0 Å². The van der Waals surface area contributed by atoms with Crippen LogP contribution < -0.4 is 16.2 Å². The Labute approximate surface area is 186 Å². The molecule has 2 aliphatic heterocycles. The van der Waals surface area contributed by atoms with Gasteiger partial charge < -0.3 is 15.5 Å². The fourth-order valence-corrected chi connectivity index (χ4v) is 4.40. The van der Waals surface area contributed by atoms with Crippen LogP contribution in [0.2, 0.25) is 0 Å². The first kappa shape index (κ1) is 20.6. The van der Waals surface area contributed by atoms with Gasteiger partial charge in [0.05, 0.1) is 10.9 Å². The topological polar surface area (TPSA) is 79.3 Å². The van der Waals surface area contributed by atoms with Gasteiger partial charge in [0, 0.05) is 51.4 Å². The number of hydrogen-bond acceptors (Lipinski definition) is 5. The lowest BCUT2D eigenvalue weighted by atomic mass is 10.1. The largest absolute Gasteiger partial charge is 0.326 e. The summed E-state index contributed by atoms with van der Waals surface area (Å²) in [6.07, 6.45) is 3.32. The lowest BCUT2D eigenvalue weighted by Gasteiger charge is -2.26. The van der Waals surface area contributed by atoms with E-state index >= 15 is 0 Å². The highest BCUT2D eigenvalue weighted by atomic mass is 16.1. The molecule has 1 fully saturated rings. The monoisotopic (exact) mass is 429 g/mol. The number of hydrogen-bond donors (Lipinski definition) is 2. The number of fused-ring (bicyclic) bond motifs is 2. The summed E-state index contributed by atoms with van der Waals surface area (Å²) in [5.41, 5.74) is 3.41. The Balaban J connectivity index is 1.37. The van der Waals surface area contributed by atoms with Gasteiger partial charge in [-0.2, -0.15) is 0 Å². The molecular formula is C25H27N5O2. The summed E-state index contributed by atoms with van der Waals surface area (Å²) in [6, 6.07) is 15.4. The minimum Gasteiger partial charge on any atom is -0.326 e. The van der Waals surface area contributed by atoms with Gasteiger partial charge in [-0.15, -0.1) is 0 Å². The summed E-state index contributed by atoms with van der Waals surface area (Å²) in [5, 5.41) is 6.86. The third-order valence-electron chi connectivity index (χ3n) is 6.14. The summed E-state index contributed by atoms with van der Waals surface area (Å²) in [4.78, 5) is 32.6. The van der Waals surface area contributed by atoms with E-state index in [1.54, 1.807) is 22.8 Å². The van der Waals surface area contributed by atoms with E-state index in [2.05, 4.69) is 21.6 Å². The van der Waals surface area contributed by atoms with Crippen molar-refractivity contribution in [2.45, 2.75) is 19.4 Å². The zero-order valence-corrected chi connectivity index (χ0v) is 18.0. The predicted octanol–water partition coefficient (Wildman–Crippen LogP) is 2.57. The predicted molar refractivity (Wildman–Crippen MR) is 127 cm³/mol. The number of nitrogens with one attached hydrogen (secondary N) is 2. The number of carbonyl (C=O) groups is 1. The molecule has 32 heavy (non-hydrogen) atoms. The van der Waals surface area contributed by atoms with Crippen LogP contribution in [0, 0.1) is 0 Å². The zero-order chi connectivity index (χ0) is 21.9. The Bertz CT molecular complexity index is 1230. The number of aromatic nitrogens is 2. The van der Waals surface area contributed by atoms with Crippen LogP contribution >= 0.6 is 0 Å². The lowest BCUT2D eigenvalue weighted by molar-refractivity contribution is -0.116. The Morgan fingerprint density at radius 1 is 1.09 bits per heavy atom. The van der Waals surface area contributed by atoms with Crippen molar-refractivity contribution in [1.82, 2.24) is 19.8 Å². The number of rotatable bonds is 5. The molecule has 5 rings (SSSR count). The fraction of sp³-hybridized carbons (Fsp3) is 0.320. The molecule has 2 aliphatic rings. The molecule has 1 saturated heterocycles. The van der Waals surface area contributed by atoms with E-state index in [-0.39, 0.29) is 11.5 Å². The van der Waals surface area contributed by atoms with Crippen LogP contribution in [0.1, 0.15) is 24.2 Å². The van der Waals surface area contributed by atoms with Crippen molar-refractivity contribution >= 4 is 34.1 Å². The third kappa shape index (κ3) is 4.35. The highest BCUT2D eigenvalue weighted by Gasteiger charge is 2.21. The first-order chi connectivity index (χ1) is 15.7. The smallest absolute Gasteiger partial charge is 0.261 e. The molecule has 0 spiro atoms. The molecule has 2 aromatic carbocycles. The van der Waals surface area contributed by atoms with E-state index in [0.717, 1.165) is 50.3 Å². The molecule has 7 nitrogen and oxygen atoms in total. The molecule has 2 N–H and O–H groups in total. The van der Waals surface area contributed by atoms with Gasteiger partial charge in [0.2, 0.25) is 5.91 Å². The Morgan fingerprint density at radius 2 is 1.91 bits per heavy atom. The van der Waals surface area contributed by atoms with Crippen molar-refractivity contribution in [2.75, 3.05) is 38.0 Å². The van der Waals surface area contributed by atoms with E-state index in [9.17, 15) is 9.59 Å². The first-order valence-electron chi connectivity index (χ1n) is 11.2. The van der Waals surface area contributed by atoms with Crippen molar-refractivity contribution in [3.63, 3.8) is 0 Å². The van der Waals surface area contributed by atoms with Crippen molar-refractivity contribution in [3.8, 4) is 0 Å². The van der Waals surface area contributed by atoms with Gasteiger partial charge in [-0.05, 0) is 41.8 Å². The van der Waals surface area contributed by atoms with Crippen LogP contribution in [-0.4, -0.2) is 53.1 Å². The molecule has 1 aromatic heterocycles. The summed E-state index contributed by atoms with van der Waals surface area (Å²) in [5.74, 6) is 0.693. The maximum Gasteiger partial charge on any atom is 0.261 e. The summed E-state index contributed by atoms with van der Waals surface area (Å²) < 4.78 is 1.75. The number of amides is 1. The van der Waals surface area contributed by atoms with Crippen molar-refractivity contribution in [1.29, 1.82) is 0 Å². The van der Waals surface area contributed by atoms with Gasteiger partial charge in [0.25, 0.3) is 5.56 Å². The zero-order valence-electron chi connectivity index (χ0n) is 18.0. The number of piperazine rings is 1. The average Bonchev–Trinajstić information content (AvgIpc) is 3.22. The van der Waals surface area contributed by atoms with E-state index in [1.807, 2.05) is 30.3 Å². The minimum absolute atomic E-state index is 0.0228. The molecule has 0 unspecified atom stereocenters. The molecule has 0 saturated carbocycles. The Kier molecular flexibility index (Phi) is 5.83. The van der Waals surface area contributed by atoms with Gasteiger partial charge >= 0.3 is 0 Å². The standard InChI is InChI=1S/C25H27N5O2/c31-23(9-12-29-14-10-26-11-15-29)27-20-6-7-21-22(17-20)28-24-19(8-13-30(24)25(21)32)16-18-4-2-1-3-5-18/h1-7,16-17,26H,8-15H2,(H,27,31). The van der Waals surface area contributed by atoms with Crippen LogP contribution in [0.3, 0.4) is 0 Å². The highest BCUT2D eigenvalue weighted by Crippen LogP contribution is 2.28. The molecule has 3 heterocycles. The van der Waals surface area contributed by atoms with Crippen molar-refractivity contribution < 1.29 is 4.79 Å². The molecule has 0 aliphatic carbocycles. The minimum atomic E-state index is -0.0296. The van der Waals surface area contributed by atoms with Gasteiger partial charge in [-0.3, -0.25) is 14.2 Å². The highest BCUT2D eigenvalue weighted by molar-refractivity contribution is 5.94. The van der Waals surface area contributed by atoms with E-state index in [4.69, 9.17) is 4.98 Å². The second-order valence-electron chi connectivity index (χ2n) is 8.34. The van der Waals surface area contributed by atoms with E-state index < -0.39 is 0 Å². The second-order valence-corrected chi connectivity index (χ2v) is 8.34. The SMILES string of the molecule is O=C(CCN1CCNCC1)Nc1ccc2c(=O)n3c(nc2c1)C(=Cc1ccccc1)CC3. The van der Waals surface area contributed by atoms with Gasteiger partial charge in [-0.1, -0.05) is 30.3 Å². The number of nitrogens with zero attached hydrogens (tertiary/aromatic N) is 3. The van der Waals surface area contributed by atoms with Crippen LogP contribution in [0.15, 0.2) is 53.3 Å². The van der Waals surface area contributed by atoms with Gasteiger partial charge in [0.1, 0.15) is 5.82 Å². The molecule has 164 valence electrons. The molecule has 7 heteroatoms. The molecule has 0 radical (unpaired) electrons. The number of anilines is 1. The van der Waals surface area contributed by atoms with Crippen LogP contribution in [-0.2, 0) is 11.3 Å². The summed E-state index contributed by atoms with van der Waals surface area (Å²) >= 11 is 0. The normalized spacial score (nSPS) is 17.6. The average molecular weight is 430 g/mol. The Morgan fingerprint density at radius 3 is 2.72 bits per heavy atom. The molecule has 0 atom stereocenters. The Hall–Kier alpha value is -3.29. The van der Waals surface area contributed by atoms with Gasteiger partial charge in [-0.25, -0.2) is 4.98 Å². The van der Waals surface area contributed by atoms with Crippen LogP contribution in [0.5, 0.6) is 0 Å². The maximum atomic E-state index is 13.0. The molecule has 3 aromatic rings. The number of allylic oxidation sites excluding steroid dienone is 1. The van der Waals surface area contributed by atoms with Crippen molar-refractivity contribution in [3.05, 3.63) is 70.3 Å². The molecule has 1 amide bonds. The number of carbonyl (C=O) groups excluding carboxylic acids is 1.